The quantitative estimate of drug-likeness (QED) is 0.229. The molecule has 0 aromatic carbocycles. The van der Waals surface area contributed by atoms with Gasteiger partial charge in [-0.2, -0.15) is 11.8 Å². The van der Waals surface area contributed by atoms with E-state index in [4.69, 9.17) is 10.8 Å². The number of hydrogen-bond acceptors (Lipinski definition) is 7. The molecule has 0 bridgehead atoms. The van der Waals surface area contributed by atoms with Gasteiger partial charge in [0.25, 0.3) is 0 Å². The molecule has 138 valence electrons. The van der Waals surface area contributed by atoms with Gasteiger partial charge in [0.2, 0.25) is 17.7 Å². The van der Waals surface area contributed by atoms with E-state index in [1.54, 1.807) is 0 Å². The van der Waals surface area contributed by atoms with Gasteiger partial charge in [0.05, 0.1) is 12.6 Å². The molecule has 0 aromatic heterocycles. The van der Waals surface area contributed by atoms with Crippen molar-refractivity contribution in [2.24, 2.45) is 5.73 Å². The topological polar surface area (TPSA) is 171 Å². The zero-order valence-corrected chi connectivity index (χ0v) is 14.4. The SMILES string of the molecule is CSCCC(NC(=O)C(N)C(C)O)C(=O)NCC(=O)NCC(=O)O. The number of carboxylic acids is 1. The molecule has 0 rings (SSSR count). The third kappa shape index (κ3) is 9.33. The van der Waals surface area contributed by atoms with Crippen molar-refractivity contribution < 1.29 is 29.4 Å². The first-order chi connectivity index (χ1) is 11.2. The Kier molecular flexibility index (Phi) is 10.8. The summed E-state index contributed by atoms with van der Waals surface area (Å²) in [5, 5.41) is 24.6. The van der Waals surface area contributed by atoms with E-state index in [0.29, 0.717) is 12.2 Å². The number of amides is 3. The van der Waals surface area contributed by atoms with Gasteiger partial charge < -0.3 is 31.9 Å². The molecule has 0 aliphatic heterocycles. The number of nitrogens with two attached hydrogens (primary N) is 1. The maximum Gasteiger partial charge on any atom is 0.322 e. The van der Waals surface area contributed by atoms with Crippen molar-refractivity contribution in [2.75, 3.05) is 25.1 Å². The zero-order valence-electron chi connectivity index (χ0n) is 13.6. The van der Waals surface area contributed by atoms with Crippen LogP contribution in [0.2, 0.25) is 0 Å². The Hall–Kier alpha value is -1.85. The second-order valence-corrected chi connectivity index (χ2v) is 5.98. The Morgan fingerprint density at radius 1 is 1.12 bits per heavy atom. The van der Waals surface area contributed by atoms with Crippen LogP contribution in [0.5, 0.6) is 0 Å². The Balaban J connectivity index is 4.57. The summed E-state index contributed by atoms with van der Waals surface area (Å²) in [5.74, 6) is -2.57. The van der Waals surface area contributed by atoms with E-state index in [0.717, 1.165) is 0 Å². The lowest BCUT2D eigenvalue weighted by Crippen LogP contribution is -2.55. The van der Waals surface area contributed by atoms with E-state index in [1.807, 2.05) is 6.26 Å². The van der Waals surface area contributed by atoms with E-state index in [2.05, 4.69) is 16.0 Å². The molecule has 24 heavy (non-hydrogen) atoms. The molecule has 0 saturated heterocycles. The molecule has 0 spiro atoms. The van der Waals surface area contributed by atoms with Crippen LogP contribution in [-0.4, -0.2) is 77.2 Å². The molecule has 0 aliphatic rings. The maximum absolute atomic E-state index is 12.1. The summed E-state index contributed by atoms with van der Waals surface area (Å²) >= 11 is 1.47. The lowest BCUT2D eigenvalue weighted by molar-refractivity contribution is -0.138. The molecule has 3 unspecified atom stereocenters. The number of carbonyl (C=O) groups excluding carboxylic acids is 3. The zero-order chi connectivity index (χ0) is 18.7. The molecule has 0 radical (unpaired) electrons. The minimum absolute atomic E-state index is 0.308. The van der Waals surface area contributed by atoms with Gasteiger partial charge in [-0.05, 0) is 25.4 Å². The molecule has 0 fully saturated rings. The van der Waals surface area contributed by atoms with Crippen LogP contribution in [0, 0.1) is 0 Å². The second kappa shape index (κ2) is 11.6. The van der Waals surface area contributed by atoms with Crippen molar-refractivity contribution in [3.05, 3.63) is 0 Å². The fourth-order valence-corrected chi connectivity index (χ4v) is 1.99. The molecule has 0 aromatic rings. The van der Waals surface area contributed by atoms with E-state index < -0.39 is 55.0 Å². The molecular weight excluding hydrogens is 340 g/mol. The van der Waals surface area contributed by atoms with Crippen LogP contribution < -0.4 is 21.7 Å². The third-order valence-corrected chi connectivity index (χ3v) is 3.57. The summed E-state index contributed by atoms with van der Waals surface area (Å²) in [6.07, 6.45) is 1.07. The van der Waals surface area contributed by atoms with Gasteiger partial charge in [-0.25, -0.2) is 0 Å². The summed E-state index contributed by atoms with van der Waals surface area (Å²) < 4.78 is 0. The number of aliphatic hydroxyl groups excluding tert-OH is 1. The number of hydrogen-bond donors (Lipinski definition) is 6. The van der Waals surface area contributed by atoms with Gasteiger partial charge in [0, 0.05) is 0 Å². The van der Waals surface area contributed by atoms with E-state index >= 15 is 0 Å². The lowest BCUT2D eigenvalue weighted by atomic mass is 10.1. The summed E-state index contributed by atoms with van der Waals surface area (Å²) in [7, 11) is 0. The molecule has 7 N–H and O–H groups in total. The first kappa shape index (κ1) is 22.1. The van der Waals surface area contributed by atoms with Crippen LogP contribution in [0.4, 0.5) is 0 Å². The fraction of sp³-hybridized carbons (Fsp3) is 0.692. The Labute approximate surface area is 143 Å². The summed E-state index contributed by atoms with van der Waals surface area (Å²) in [5.41, 5.74) is 5.51. The standard InChI is InChI=1S/C13H24N4O6S/c1-7(18)11(14)13(23)17-8(3-4-24-2)12(22)16-5-9(19)15-6-10(20)21/h7-8,11,18H,3-6,14H2,1-2H3,(H,15,19)(H,16,22)(H,17,23)(H,20,21). The van der Waals surface area contributed by atoms with Crippen LogP contribution in [0.1, 0.15) is 13.3 Å². The average molecular weight is 364 g/mol. The molecule has 0 heterocycles. The van der Waals surface area contributed by atoms with Crippen molar-refractivity contribution in [1.29, 1.82) is 0 Å². The smallest absolute Gasteiger partial charge is 0.322 e. The largest absolute Gasteiger partial charge is 0.480 e. The number of rotatable bonds is 11. The lowest BCUT2D eigenvalue weighted by Gasteiger charge is -2.21. The number of aliphatic hydroxyl groups is 1. The first-order valence-electron chi connectivity index (χ1n) is 7.18. The van der Waals surface area contributed by atoms with Crippen molar-refractivity contribution in [2.45, 2.75) is 31.5 Å². The fourth-order valence-electron chi connectivity index (χ4n) is 1.52. The molecule has 3 atom stereocenters. The molecule has 10 nitrogen and oxygen atoms in total. The van der Waals surface area contributed by atoms with Crippen LogP contribution in [0.3, 0.4) is 0 Å². The van der Waals surface area contributed by atoms with Crippen LogP contribution in [-0.2, 0) is 19.2 Å². The van der Waals surface area contributed by atoms with Gasteiger partial charge in [-0.15, -0.1) is 0 Å². The normalized spacial score (nSPS) is 14.2. The highest BCUT2D eigenvalue weighted by molar-refractivity contribution is 7.98. The van der Waals surface area contributed by atoms with Crippen LogP contribution in [0.25, 0.3) is 0 Å². The molecule has 11 heteroatoms. The summed E-state index contributed by atoms with van der Waals surface area (Å²) in [6.45, 7) is 0.388. The highest BCUT2D eigenvalue weighted by atomic mass is 32.2. The van der Waals surface area contributed by atoms with Crippen LogP contribution in [0.15, 0.2) is 0 Å². The Bertz CT molecular complexity index is 460. The van der Waals surface area contributed by atoms with Gasteiger partial charge in [0.15, 0.2) is 0 Å². The third-order valence-electron chi connectivity index (χ3n) is 2.93. The molecule has 0 aliphatic carbocycles. The molecular formula is C13H24N4O6S. The number of aliphatic carboxylic acids is 1. The van der Waals surface area contributed by atoms with Crippen molar-refractivity contribution in [3.8, 4) is 0 Å². The minimum atomic E-state index is -1.20. The van der Waals surface area contributed by atoms with Gasteiger partial charge >= 0.3 is 5.97 Å². The van der Waals surface area contributed by atoms with Gasteiger partial charge in [0.1, 0.15) is 18.6 Å². The predicted molar refractivity (Wildman–Crippen MR) is 88.2 cm³/mol. The minimum Gasteiger partial charge on any atom is -0.480 e. The molecule has 0 saturated carbocycles. The van der Waals surface area contributed by atoms with Crippen molar-refractivity contribution in [1.82, 2.24) is 16.0 Å². The van der Waals surface area contributed by atoms with E-state index in [1.165, 1.54) is 18.7 Å². The van der Waals surface area contributed by atoms with Gasteiger partial charge in [-0.1, -0.05) is 0 Å². The highest BCUT2D eigenvalue weighted by Crippen LogP contribution is 2.02. The Morgan fingerprint density at radius 3 is 2.25 bits per heavy atom. The monoisotopic (exact) mass is 364 g/mol. The number of nitrogens with one attached hydrogen (secondary N) is 3. The highest BCUT2D eigenvalue weighted by Gasteiger charge is 2.25. The van der Waals surface area contributed by atoms with Crippen LogP contribution >= 0.6 is 11.8 Å². The second-order valence-electron chi connectivity index (χ2n) is 5.00. The first-order valence-corrected chi connectivity index (χ1v) is 8.57. The van der Waals surface area contributed by atoms with E-state index in [9.17, 15) is 24.3 Å². The van der Waals surface area contributed by atoms with E-state index in [-0.39, 0.29) is 0 Å². The number of carbonyl (C=O) groups is 4. The number of thioether (sulfide) groups is 1. The van der Waals surface area contributed by atoms with Crippen molar-refractivity contribution >= 4 is 35.5 Å². The summed E-state index contributed by atoms with van der Waals surface area (Å²) in [4.78, 5) is 45.6. The average Bonchev–Trinajstić information content (AvgIpc) is 2.53. The molecule has 3 amide bonds. The predicted octanol–water partition coefficient (Wildman–Crippen LogP) is -2.75. The van der Waals surface area contributed by atoms with Crippen molar-refractivity contribution in [3.63, 3.8) is 0 Å². The number of carboxylic acid groups (broad SMARTS) is 1. The summed E-state index contributed by atoms with van der Waals surface area (Å²) in [6, 6.07) is -2.09. The maximum atomic E-state index is 12.1. The Morgan fingerprint density at radius 2 is 1.75 bits per heavy atom. The van der Waals surface area contributed by atoms with Gasteiger partial charge in [-0.3, -0.25) is 19.2 Å².